The van der Waals surface area contributed by atoms with Gasteiger partial charge in [-0.25, -0.2) is 0 Å². The number of hydrogen-bond acceptors (Lipinski definition) is 4. The van der Waals surface area contributed by atoms with Crippen LogP contribution in [-0.4, -0.2) is 26.2 Å². The summed E-state index contributed by atoms with van der Waals surface area (Å²) in [5.74, 6) is 0.914. The molecular weight excluding hydrogens is 390 g/mol. The van der Waals surface area contributed by atoms with E-state index in [0.29, 0.717) is 11.6 Å². The van der Waals surface area contributed by atoms with Crippen LogP contribution in [-0.2, 0) is 4.79 Å². The predicted molar refractivity (Wildman–Crippen MR) is 103 cm³/mol. The molecule has 1 unspecified atom stereocenters. The Morgan fingerprint density at radius 3 is 2.50 bits per heavy atom. The molecule has 1 aliphatic carbocycles. The van der Waals surface area contributed by atoms with Crippen molar-refractivity contribution in [3.63, 3.8) is 0 Å². The third kappa shape index (κ3) is 5.48. The fourth-order valence-corrected chi connectivity index (χ4v) is 3.15. The van der Waals surface area contributed by atoms with Gasteiger partial charge in [-0.2, -0.15) is 8.78 Å². The highest BCUT2D eigenvalue weighted by Gasteiger charge is 2.33. The molecule has 28 heavy (non-hydrogen) atoms. The van der Waals surface area contributed by atoms with Crippen LogP contribution in [0.3, 0.4) is 0 Å². The summed E-state index contributed by atoms with van der Waals surface area (Å²) in [6.45, 7) is -2.91. The highest BCUT2D eigenvalue weighted by Crippen LogP contribution is 2.41. The van der Waals surface area contributed by atoms with Crippen molar-refractivity contribution in [1.29, 1.82) is 0 Å². The molecule has 8 heteroatoms. The van der Waals surface area contributed by atoms with E-state index in [0.717, 1.165) is 24.2 Å². The fraction of sp³-hybridized carbons (Fsp3) is 0.350. The largest absolute Gasteiger partial charge is 0.497 e. The summed E-state index contributed by atoms with van der Waals surface area (Å²) in [6.07, 6.45) is 2.15. The lowest BCUT2D eigenvalue weighted by Crippen LogP contribution is -2.34. The normalized spacial score (nSPS) is 14.5. The van der Waals surface area contributed by atoms with Gasteiger partial charge in [-0.1, -0.05) is 23.7 Å². The van der Waals surface area contributed by atoms with Crippen molar-refractivity contribution in [2.24, 2.45) is 5.92 Å². The zero-order valence-corrected chi connectivity index (χ0v) is 16.0. The molecule has 0 bridgehead atoms. The first-order chi connectivity index (χ1) is 13.5. The Balaban J connectivity index is 1.57. The molecule has 150 valence electrons. The maximum Gasteiger partial charge on any atom is 0.387 e. The van der Waals surface area contributed by atoms with E-state index in [9.17, 15) is 13.6 Å². The first-order valence-corrected chi connectivity index (χ1v) is 9.25. The van der Waals surface area contributed by atoms with Crippen molar-refractivity contribution in [2.45, 2.75) is 25.5 Å². The number of methoxy groups -OCH3 is 1. The van der Waals surface area contributed by atoms with Crippen molar-refractivity contribution in [3.8, 4) is 11.5 Å². The van der Waals surface area contributed by atoms with Crippen molar-refractivity contribution in [1.82, 2.24) is 5.32 Å². The third-order valence-electron chi connectivity index (χ3n) is 4.49. The molecule has 0 heterocycles. The second-order valence-corrected chi connectivity index (χ2v) is 6.94. The van der Waals surface area contributed by atoms with Gasteiger partial charge >= 0.3 is 6.61 Å². The van der Waals surface area contributed by atoms with E-state index in [-0.39, 0.29) is 29.3 Å². The molecule has 0 aromatic heterocycles. The lowest BCUT2D eigenvalue weighted by Gasteiger charge is -2.19. The first-order valence-electron chi connectivity index (χ1n) is 8.88. The number of halogens is 3. The lowest BCUT2D eigenvalue weighted by molar-refractivity contribution is -0.120. The molecule has 2 N–H and O–H groups in total. The summed E-state index contributed by atoms with van der Waals surface area (Å²) >= 11 is 5.92. The van der Waals surface area contributed by atoms with Gasteiger partial charge in [0.25, 0.3) is 0 Å². The number of carbonyl (C=O) groups is 1. The monoisotopic (exact) mass is 410 g/mol. The second-order valence-electron chi connectivity index (χ2n) is 6.53. The molecule has 0 radical (unpaired) electrons. The summed E-state index contributed by atoms with van der Waals surface area (Å²) < 4.78 is 34.0. The maximum absolute atomic E-state index is 12.4. The molecule has 1 aliphatic rings. The molecule has 0 saturated heterocycles. The van der Waals surface area contributed by atoms with Crippen LogP contribution < -0.4 is 20.1 Å². The zero-order chi connectivity index (χ0) is 20.1. The summed E-state index contributed by atoms with van der Waals surface area (Å²) in [5, 5.41) is 6.04. The fourth-order valence-electron chi connectivity index (χ4n) is 2.92. The lowest BCUT2D eigenvalue weighted by atomic mass is 10.0. The molecule has 1 atom stereocenters. The Hall–Kier alpha value is -2.54. The number of rotatable bonds is 9. The average molecular weight is 411 g/mol. The number of amides is 1. The van der Waals surface area contributed by atoms with Gasteiger partial charge in [0.15, 0.2) is 0 Å². The SMILES string of the molecule is COc1ccc(C(NC(=O)CNc2ccc(OC(F)F)c(Cl)c2)C2CC2)cc1. The number of ether oxygens (including phenoxy) is 2. The average Bonchev–Trinajstić information content (AvgIpc) is 3.51. The summed E-state index contributed by atoms with van der Waals surface area (Å²) in [6, 6.07) is 11.9. The molecule has 1 saturated carbocycles. The number of alkyl halides is 2. The minimum absolute atomic E-state index is 0.0325. The molecule has 0 spiro atoms. The van der Waals surface area contributed by atoms with Crippen molar-refractivity contribution in [2.75, 3.05) is 19.0 Å². The molecular formula is C20H21ClF2N2O3. The van der Waals surface area contributed by atoms with Gasteiger partial charge in [0.2, 0.25) is 5.91 Å². The van der Waals surface area contributed by atoms with E-state index in [1.54, 1.807) is 7.11 Å². The molecule has 3 rings (SSSR count). The van der Waals surface area contributed by atoms with Crippen LogP contribution in [0.25, 0.3) is 0 Å². The summed E-state index contributed by atoms with van der Waals surface area (Å²) in [7, 11) is 1.61. The van der Waals surface area contributed by atoms with Crippen molar-refractivity contribution < 1.29 is 23.0 Å². The maximum atomic E-state index is 12.4. The van der Waals surface area contributed by atoms with E-state index in [1.165, 1.54) is 18.2 Å². The minimum atomic E-state index is -2.95. The van der Waals surface area contributed by atoms with Gasteiger partial charge in [0.05, 0.1) is 24.7 Å². The Kier molecular flexibility index (Phi) is 6.57. The number of anilines is 1. The Morgan fingerprint density at radius 1 is 1.21 bits per heavy atom. The molecule has 1 amide bonds. The highest BCUT2D eigenvalue weighted by molar-refractivity contribution is 6.32. The Morgan fingerprint density at radius 2 is 1.93 bits per heavy atom. The predicted octanol–water partition coefficient (Wildman–Crippen LogP) is 4.63. The molecule has 5 nitrogen and oxygen atoms in total. The number of benzene rings is 2. The smallest absolute Gasteiger partial charge is 0.387 e. The second kappa shape index (κ2) is 9.10. The van der Waals surface area contributed by atoms with Gasteiger partial charge in [-0.05, 0) is 54.7 Å². The number of carbonyl (C=O) groups excluding carboxylic acids is 1. The van der Waals surface area contributed by atoms with Crippen LogP contribution >= 0.6 is 11.6 Å². The quantitative estimate of drug-likeness (QED) is 0.632. The van der Waals surface area contributed by atoms with E-state index >= 15 is 0 Å². The van der Waals surface area contributed by atoms with Gasteiger partial charge in [0.1, 0.15) is 11.5 Å². The zero-order valence-electron chi connectivity index (χ0n) is 15.3. The van der Waals surface area contributed by atoms with Gasteiger partial charge in [0, 0.05) is 5.69 Å². The van der Waals surface area contributed by atoms with Gasteiger partial charge < -0.3 is 20.1 Å². The molecule has 2 aromatic carbocycles. The highest BCUT2D eigenvalue weighted by atomic mass is 35.5. The number of nitrogens with one attached hydrogen (secondary N) is 2. The third-order valence-corrected chi connectivity index (χ3v) is 4.78. The van der Waals surface area contributed by atoms with E-state index < -0.39 is 6.61 Å². The molecule has 0 aliphatic heterocycles. The molecule has 2 aromatic rings. The van der Waals surface area contributed by atoms with Crippen molar-refractivity contribution in [3.05, 3.63) is 53.1 Å². The van der Waals surface area contributed by atoms with Crippen LogP contribution in [0.5, 0.6) is 11.5 Å². The number of hydrogen-bond donors (Lipinski definition) is 2. The summed E-state index contributed by atoms with van der Waals surface area (Å²) in [4.78, 5) is 12.4. The van der Waals surface area contributed by atoms with Crippen LogP contribution in [0.2, 0.25) is 5.02 Å². The van der Waals surface area contributed by atoms with E-state index in [1.807, 2.05) is 24.3 Å². The van der Waals surface area contributed by atoms with Crippen LogP contribution in [0, 0.1) is 5.92 Å². The van der Waals surface area contributed by atoms with Crippen LogP contribution in [0.4, 0.5) is 14.5 Å². The van der Waals surface area contributed by atoms with Gasteiger partial charge in [-0.3, -0.25) is 4.79 Å². The molecule has 1 fully saturated rings. The minimum Gasteiger partial charge on any atom is -0.497 e. The van der Waals surface area contributed by atoms with E-state index in [4.69, 9.17) is 16.3 Å². The summed E-state index contributed by atoms with van der Waals surface area (Å²) in [5.41, 5.74) is 1.57. The van der Waals surface area contributed by atoms with E-state index in [2.05, 4.69) is 15.4 Å². The van der Waals surface area contributed by atoms with Crippen LogP contribution in [0.1, 0.15) is 24.4 Å². The van der Waals surface area contributed by atoms with Crippen LogP contribution in [0.15, 0.2) is 42.5 Å². The standard InChI is InChI=1S/C20H21ClF2N2O3/c1-27-15-7-4-13(5-8-15)19(12-2-3-12)25-18(26)11-24-14-6-9-17(16(21)10-14)28-20(22)23/h4-10,12,19-20,24H,2-3,11H2,1H3,(H,25,26). The Labute approximate surface area is 167 Å². The first kappa shape index (κ1) is 20.2. The topological polar surface area (TPSA) is 59.6 Å². The Bertz CT molecular complexity index is 814. The van der Waals surface area contributed by atoms with Gasteiger partial charge in [-0.15, -0.1) is 0 Å². The van der Waals surface area contributed by atoms with Crippen molar-refractivity contribution >= 4 is 23.2 Å².